The third-order valence-electron chi connectivity index (χ3n) is 2.26. The molecule has 0 aromatic carbocycles. The molecule has 1 rings (SSSR count). The fourth-order valence-corrected chi connectivity index (χ4v) is 8.67. The van der Waals surface area contributed by atoms with Gasteiger partial charge in [0.15, 0.2) is 0 Å². The molecule has 0 spiro atoms. The van der Waals surface area contributed by atoms with Gasteiger partial charge >= 0.3 is 132 Å². The van der Waals surface area contributed by atoms with Crippen molar-refractivity contribution in [2.45, 2.75) is 12.9 Å². The summed E-state index contributed by atoms with van der Waals surface area (Å²) in [6.07, 6.45) is 6.36. The Kier molecular flexibility index (Phi) is 6.50. The molecule has 0 aliphatic carbocycles. The maximum absolute atomic E-state index is 3.95. The molecule has 0 saturated carbocycles. The molecule has 0 saturated heterocycles. The van der Waals surface area contributed by atoms with Gasteiger partial charge in [-0.05, 0) is 0 Å². The van der Waals surface area contributed by atoms with Crippen LogP contribution in [-0.2, 0) is 0 Å². The minimum atomic E-state index is 0.203. The summed E-state index contributed by atoms with van der Waals surface area (Å²) in [7, 11) is 2.21. The Bertz CT molecular complexity index is 296. The Labute approximate surface area is 130 Å². The molecule has 0 fully saturated rings. The molecular formula is C11H15I3N-. The Hall–Kier alpha value is 1.21. The molecule has 2 atom stereocenters. The molecule has 1 nitrogen and oxygen atoms in total. The van der Waals surface area contributed by atoms with Gasteiger partial charge in [0.05, 0.1) is 0 Å². The third kappa shape index (κ3) is 3.34. The van der Waals surface area contributed by atoms with Crippen LogP contribution >= 0.6 is 45.2 Å². The first kappa shape index (κ1) is 14.3. The molecule has 1 aliphatic heterocycles. The summed E-state index contributed by atoms with van der Waals surface area (Å²) in [5, 5.41) is 0. The zero-order valence-electron chi connectivity index (χ0n) is 8.88. The van der Waals surface area contributed by atoms with E-state index in [1.165, 1.54) is 15.7 Å². The van der Waals surface area contributed by atoms with Crippen molar-refractivity contribution in [1.29, 1.82) is 0 Å². The molecule has 1 aliphatic rings. The molecule has 0 aromatic heterocycles. The Morgan fingerprint density at radius 2 is 2.27 bits per heavy atom. The molecule has 0 N–H and O–H groups in total. The first-order valence-corrected chi connectivity index (χ1v) is 9.96. The van der Waals surface area contributed by atoms with E-state index in [-0.39, 0.29) is 21.2 Å². The van der Waals surface area contributed by atoms with Crippen molar-refractivity contribution >= 4 is 45.2 Å². The van der Waals surface area contributed by atoms with Crippen molar-refractivity contribution in [3.63, 3.8) is 0 Å². The number of hydrogen-bond donors (Lipinski definition) is 0. The molecule has 86 valence electrons. The van der Waals surface area contributed by atoms with E-state index in [1.807, 2.05) is 6.08 Å². The van der Waals surface area contributed by atoms with E-state index in [9.17, 15) is 0 Å². The van der Waals surface area contributed by atoms with Crippen molar-refractivity contribution in [2.75, 3.05) is 11.5 Å². The molecule has 1 heterocycles. The molecule has 4 heteroatoms. The number of nitrogens with zero attached hydrogens (tertiary/aromatic N) is 1. The summed E-state index contributed by atoms with van der Waals surface area (Å²) in [6, 6.07) is 0. The van der Waals surface area contributed by atoms with Crippen molar-refractivity contribution in [1.82, 2.24) is 4.90 Å². The van der Waals surface area contributed by atoms with E-state index < -0.39 is 0 Å². The number of allylic oxidation sites excluding steroid dienone is 4. The summed E-state index contributed by atoms with van der Waals surface area (Å²) >= 11 is 5.28. The second-order valence-corrected chi connectivity index (χ2v) is 11.1. The predicted molar refractivity (Wildman–Crippen MR) is 80.3 cm³/mol. The van der Waals surface area contributed by atoms with Gasteiger partial charge in [0, 0.05) is 0 Å². The van der Waals surface area contributed by atoms with Gasteiger partial charge in [-0.15, -0.1) is 0 Å². The Morgan fingerprint density at radius 3 is 2.73 bits per heavy atom. The summed E-state index contributed by atoms with van der Waals surface area (Å²) in [5.74, 6) is 0. The van der Waals surface area contributed by atoms with Crippen LogP contribution < -0.4 is 21.2 Å². The van der Waals surface area contributed by atoms with Crippen LogP contribution in [0, 0.1) is 0 Å². The third-order valence-corrected chi connectivity index (χ3v) is 10.7. The molecule has 15 heavy (non-hydrogen) atoms. The van der Waals surface area contributed by atoms with Crippen LogP contribution in [-0.4, -0.2) is 22.4 Å². The van der Waals surface area contributed by atoms with Crippen LogP contribution in [0.1, 0.15) is 6.92 Å². The van der Waals surface area contributed by atoms with Crippen LogP contribution in [0.15, 0.2) is 36.1 Å². The van der Waals surface area contributed by atoms with Crippen molar-refractivity contribution < 1.29 is 21.2 Å². The summed E-state index contributed by atoms with van der Waals surface area (Å²) in [5.41, 5.74) is 2.78. The monoisotopic (exact) mass is 542 g/mol. The van der Waals surface area contributed by atoms with E-state index in [4.69, 9.17) is 0 Å². The zero-order valence-corrected chi connectivity index (χ0v) is 15.4. The fraction of sp³-hybridized carbons (Fsp3) is 0.455. The van der Waals surface area contributed by atoms with E-state index in [1.54, 1.807) is 0 Å². The van der Waals surface area contributed by atoms with E-state index >= 15 is 0 Å². The van der Waals surface area contributed by atoms with Gasteiger partial charge in [0.1, 0.15) is 0 Å². The average Bonchev–Trinajstić information content (AvgIpc) is 2.23. The van der Waals surface area contributed by atoms with Crippen LogP contribution in [0.5, 0.6) is 0 Å². The van der Waals surface area contributed by atoms with Gasteiger partial charge < -0.3 is 0 Å². The van der Waals surface area contributed by atoms with Gasteiger partial charge in [-0.3, -0.25) is 0 Å². The summed E-state index contributed by atoms with van der Waals surface area (Å²) in [6.45, 7) is 6.02. The normalized spacial score (nSPS) is 28.1. The van der Waals surface area contributed by atoms with Gasteiger partial charge in [0.25, 0.3) is 0 Å². The first-order valence-electron chi connectivity index (χ1n) is 4.69. The van der Waals surface area contributed by atoms with Gasteiger partial charge in [-0.25, -0.2) is 0 Å². The number of alkyl halides is 4. The quantitative estimate of drug-likeness (QED) is 0.287. The number of rotatable bonds is 3. The maximum atomic E-state index is 3.95. The number of likely N-dealkylation sites (N-methyl/N-ethyl adjacent to an activating group) is 1. The topological polar surface area (TPSA) is 3.24 Å². The van der Waals surface area contributed by atoms with E-state index in [2.05, 4.69) is 82.8 Å². The first-order chi connectivity index (χ1) is 7.15. The van der Waals surface area contributed by atoms with Gasteiger partial charge in [-0.1, -0.05) is 0 Å². The van der Waals surface area contributed by atoms with E-state index in [0.717, 1.165) is 4.05 Å². The van der Waals surface area contributed by atoms with Crippen LogP contribution in [0.25, 0.3) is 0 Å². The molecule has 0 radical (unpaired) electrons. The van der Waals surface area contributed by atoms with Crippen molar-refractivity contribution in [3.05, 3.63) is 36.1 Å². The van der Waals surface area contributed by atoms with Crippen molar-refractivity contribution in [3.8, 4) is 0 Å². The second-order valence-electron chi connectivity index (χ2n) is 3.17. The average molecular weight is 542 g/mol. The van der Waals surface area contributed by atoms with Gasteiger partial charge in [-0.2, -0.15) is 0 Å². The van der Waals surface area contributed by atoms with Crippen LogP contribution in [0.2, 0.25) is 0 Å². The van der Waals surface area contributed by atoms with Crippen LogP contribution in [0.4, 0.5) is 0 Å². The summed E-state index contributed by atoms with van der Waals surface area (Å²) in [4.78, 5) is 2.44. The fourth-order valence-electron chi connectivity index (χ4n) is 1.45. The zero-order chi connectivity index (χ0) is 11.4. The molecule has 2 unspecified atom stereocenters. The predicted octanol–water partition coefficient (Wildman–Crippen LogP) is 0.559. The standard InChI is InChI=1S/C11H15I3N/c1-4-6-9-8(5-2)11(13)14-10(7-12)15(9)3/h4-6,10-11H,2,7H2,1,3H3/q-1/b6-4-. The second kappa shape index (κ2) is 6.83. The Morgan fingerprint density at radius 1 is 1.60 bits per heavy atom. The number of halogens is 3. The molecule has 0 amide bonds. The molecule has 0 aromatic rings. The van der Waals surface area contributed by atoms with E-state index in [0.29, 0.717) is 1.93 Å². The minimum absolute atomic E-state index is 0.203. The van der Waals surface area contributed by atoms with Crippen molar-refractivity contribution in [2.24, 2.45) is 0 Å². The SMILES string of the molecule is C=CC1=C(/C=C\C)N(C)C(CI)[I-]C1I. The Balaban J connectivity index is 3.11. The molecule has 0 bridgehead atoms. The van der Waals surface area contributed by atoms with Gasteiger partial charge in [0.2, 0.25) is 0 Å². The number of hydrogen-bond acceptors (Lipinski definition) is 1. The molecular weight excluding hydrogens is 527 g/mol. The van der Waals surface area contributed by atoms with Crippen LogP contribution in [0.3, 0.4) is 0 Å². The summed E-state index contributed by atoms with van der Waals surface area (Å²) < 4.78 is 2.70.